The van der Waals surface area contributed by atoms with Crippen LogP contribution in [0.25, 0.3) is 0 Å². The molecule has 146 valence electrons. The second-order valence-electron chi connectivity index (χ2n) is 6.36. The Hall–Kier alpha value is -3.07. The SMILES string of the molecule is Cc1nn(Cc2ccccc2)c(C)c1CNC(=O)CSc1nc(N)cc(N)n1. The van der Waals surface area contributed by atoms with Crippen LogP contribution in [0.5, 0.6) is 0 Å². The zero-order valence-electron chi connectivity index (χ0n) is 15.8. The molecule has 0 saturated heterocycles. The first kappa shape index (κ1) is 19.7. The summed E-state index contributed by atoms with van der Waals surface area (Å²) in [5, 5.41) is 7.92. The topological polar surface area (TPSA) is 125 Å². The van der Waals surface area contributed by atoms with Gasteiger partial charge >= 0.3 is 0 Å². The average molecular weight is 398 g/mol. The van der Waals surface area contributed by atoms with Gasteiger partial charge in [0.1, 0.15) is 11.6 Å². The van der Waals surface area contributed by atoms with Gasteiger partial charge in [-0.1, -0.05) is 42.1 Å². The second-order valence-corrected chi connectivity index (χ2v) is 7.30. The molecule has 0 aliphatic carbocycles. The number of carbonyl (C=O) groups excluding carboxylic acids is 1. The second kappa shape index (κ2) is 8.75. The molecule has 0 fully saturated rings. The Morgan fingerprint density at radius 3 is 2.50 bits per heavy atom. The van der Waals surface area contributed by atoms with Crippen molar-refractivity contribution in [2.75, 3.05) is 17.2 Å². The van der Waals surface area contributed by atoms with E-state index in [4.69, 9.17) is 11.5 Å². The van der Waals surface area contributed by atoms with E-state index >= 15 is 0 Å². The van der Waals surface area contributed by atoms with Crippen LogP contribution in [0.2, 0.25) is 0 Å². The van der Waals surface area contributed by atoms with E-state index in [-0.39, 0.29) is 23.3 Å². The number of nitrogens with zero attached hydrogens (tertiary/aromatic N) is 4. The molecule has 5 N–H and O–H groups in total. The smallest absolute Gasteiger partial charge is 0.230 e. The number of nitrogens with two attached hydrogens (primary N) is 2. The molecule has 9 heteroatoms. The number of benzene rings is 1. The van der Waals surface area contributed by atoms with E-state index in [1.807, 2.05) is 36.7 Å². The van der Waals surface area contributed by atoms with Gasteiger partial charge in [-0.15, -0.1) is 0 Å². The Morgan fingerprint density at radius 1 is 1.14 bits per heavy atom. The van der Waals surface area contributed by atoms with Gasteiger partial charge in [0.05, 0.1) is 18.0 Å². The molecule has 2 aromatic heterocycles. The molecule has 28 heavy (non-hydrogen) atoms. The van der Waals surface area contributed by atoms with Gasteiger partial charge in [-0.05, 0) is 19.4 Å². The van der Waals surface area contributed by atoms with E-state index in [9.17, 15) is 4.79 Å². The fourth-order valence-corrected chi connectivity index (χ4v) is 3.50. The highest BCUT2D eigenvalue weighted by Crippen LogP contribution is 2.17. The molecule has 0 unspecified atom stereocenters. The molecule has 0 atom stereocenters. The number of amides is 1. The Morgan fingerprint density at radius 2 is 1.82 bits per heavy atom. The van der Waals surface area contributed by atoms with Crippen molar-refractivity contribution < 1.29 is 4.79 Å². The number of carbonyl (C=O) groups is 1. The number of nitrogens with one attached hydrogen (secondary N) is 1. The van der Waals surface area contributed by atoms with Crippen molar-refractivity contribution in [1.29, 1.82) is 0 Å². The lowest BCUT2D eigenvalue weighted by molar-refractivity contribution is -0.118. The monoisotopic (exact) mass is 397 g/mol. The zero-order valence-corrected chi connectivity index (χ0v) is 16.7. The number of hydrogen-bond acceptors (Lipinski definition) is 7. The molecule has 0 bridgehead atoms. The highest BCUT2D eigenvalue weighted by molar-refractivity contribution is 7.99. The Bertz CT molecular complexity index is 952. The molecule has 0 saturated carbocycles. The van der Waals surface area contributed by atoms with Gasteiger partial charge in [0.2, 0.25) is 5.91 Å². The van der Waals surface area contributed by atoms with Crippen LogP contribution < -0.4 is 16.8 Å². The number of thioether (sulfide) groups is 1. The van der Waals surface area contributed by atoms with Gasteiger partial charge in [-0.3, -0.25) is 9.48 Å². The fraction of sp³-hybridized carbons (Fsp3) is 0.263. The van der Waals surface area contributed by atoms with E-state index in [1.165, 1.54) is 23.4 Å². The highest BCUT2D eigenvalue weighted by atomic mass is 32.2. The van der Waals surface area contributed by atoms with Gasteiger partial charge in [-0.25, -0.2) is 9.97 Å². The van der Waals surface area contributed by atoms with E-state index in [1.54, 1.807) is 0 Å². The molecule has 2 heterocycles. The van der Waals surface area contributed by atoms with Crippen LogP contribution in [0, 0.1) is 13.8 Å². The van der Waals surface area contributed by atoms with Crippen molar-refractivity contribution in [3.63, 3.8) is 0 Å². The van der Waals surface area contributed by atoms with E-state index < -0.39 is 0 Å². The lowest BCUT2D eigenvalue weighted by Crippen LogP contribution is -2.25. The van der Waals surface area contributed by atoms with Crippen LogP contribution in [0.3, 0.4) is 0 Å². The third kappa shape index (κ3) is 5.01. The lowest BCUT2D eigenvalue weighted by Gasteiger charge is -2.07. The summed E-state index contributed by atoms with van der Waals surface area (Å²) < 4.78 is 1.96. The average Bonchev–Trinajstić information content (AvgIpc) is 2.91. The number of nitrogen functional groups attached to an aromatic ring is 2. The van der Waals surface area contributed by atoms with Crippen LogP contribution in [0.1, 0.15) is 22.5 Å². The third-order valence-corrected chi connectivity index (χ3v) is 5.09. The largest absolute Gasteiger partial charge is 0.383 e. The maximum atomic E-state index is 12.2. The summed E-state index contributed by atoms with van der Waals surface area (Å²) in [4.78, 5) is 20.3. The minimum atomic E-state index is -0.121. The maximum absolute atomic E-state index is 12.2. The molecule has 1 aromatic carbocycles. The van der Waals surface area contributed by atoms with Gasteiger partial charge in [0.15, 0.2) is 5.16 Å². The Balaban J connectivity index is 1.57. The Kier molecular flexibility index (Phi) is 6.15. The number of aromatic nitrogens is 4. The number of hydrogen-bond donors (Lipinski definition) is 3. The molecule has 0 aliphatic heterocycles. The molecule has 0 radical (unpaired) electrons. The van der Waals surface area contributed by atoms with E-state index in [0.717, 1.165) is 17.0 Å². The highest BCUT2D eigenvalue weighted by Gasteiger charge is 2.13. The minimum Gasteiger partial charge on any atom is -0.383 e. The predicted octanol–water partition coefficient (Wildman–Crippen LogP) is 1.91. The van der Waals surface area contributed by atoms with Crippen LogP contribution in [0.15, 0.2) is 41.6 Å². The molecular weight excluding hydrogens is 374 g/mol. The summed E-state index contributed by atoms with van der Waals surface area (Å²) >= 11 is 1.19. The number of aryl methyl sites for hydroxylation is 1. The predicted molar refractivity (Wildman–Crippen MR) is 111 cm³/mol. The van der Waals surface area contributed by atoms with Crippen molar-refractivity contribution in [2.24, 2.45) is 0 Å². The summed E-state index contributed by atoms with van der Waals surface area (Å²) in [5.41, 5.74) is 15.4. The first-order chi connectivity index (χ1) is 13.4. The summed E-state index contributed by atoms with van der Waals surface area (Å²) in [5.74, 6) is 0.628. The first-order valence-electron chi connectivity index (χ1n) is 8.78. The van der Waals surface area contributed by atoms with Crippen molar-refractivity contribution in [3.8, 4) is 0 Å². The van der Waals surface area contributed by atoms with Gasteiger partial charge in [0, 0.05) is 23.9 Å². The van der Waals surface area contributed by atoms with Crippen molar-refractivity contribution in [3.05, 3.63) is 58.9 Å². The summed E-state index contributed by atoms with van der Waals surface area (Å²) in [7, 11) is 0. The Labute approximate surface area is 167 Å². The molecule has 0 aliphatic rings. The zero-order chi connectivity index (χ0) is 20.1. The quantitative estimate of drug-likeness (QED) is 0.411. The molecule has 1 amide bonds. The van der Waals surface area contributed by atoms with Crippen LogP contribution in [-0.2, 0) is 17.9 Å². The van der Waals surface area contributed by atoms with E-state index in [0.29, 0.717) is 18.2 Å². The van der Waals surface area contributed by atoms with Crippen molar-refractivity contribution in [2.45, 2.75) is 32.1 Å². The van der Waals surface area contributed by atoms with Gasteiger partial charge in [0.25, 0.3) is 0 Å². The number of rotatable bonds is 7. The minimum absolute atomic E-state index is 0.121. The third-order valence-electron chi connectivity index (χ3n) is 4.25. The molecular formula is C19H23N7OS. The van der Waals surface area contributed by atoms with E-state index in [2.05, 4.69) is 32.5 Å². The fourth-order valence-electron chi connectivity index (χ4n) is 2.79. The van der Waals surface area contributed by atoms with Gasteiger partial charge < -0.3 is 16.8 Å². The molecule has 0 spiro atoms. The molecule has 3 aromatic rings. The maximum Gasteiger partial charge on any atom is 0.230 e. The van der Waals surface area contributed by atoms with Crippen LogP contribution in [-0.4, -0.2) is 31.4 Å². The summed E-state index contributed by atoms with van der Waals surface area (Å²) in [6.07, 6.45) is 0. The van der Waals surface area contributed by atoms with Crippen molar-refractivity contribution >= 4 is 29.3 Å². The van der Waals surface area contributed by atoms with Crippen LogP contribution in [0.4, 0.5) is 11.6 Å². The number of anilines is 2. The molecule has 8 nitrogen and oxygen atoms in total. The lowest BCUT2D eigenvalue weighted by atomic mass is 10.2. The van der Waals surface area contributed by atoms with Gasteiger partial charge in [-0.2, -0.15) is 5.10 Å². The standard InChI is InChI=1S/C19H23N7OS/c1-12-15(13(2)26(25-12)10-14-6-4-3-5-7-14)9-22-18(27)11-28-19-23-16(20)8-17(21)24-19/h3-8H,9-11H2,1-2H3,(H,22,27)(H4,20,21,23,24). The molecule has 3 rings (SSSR count). The van der Waals surface area contributed by atoms with Crippen LogP contribution >= 0.6 is 11.8 Å². The summed E-state index contributed by atoms with van der Waals surface area (Å²) in [6, 6.07) is 11.6. The van der Waals surface area contributed by atoms with Crippen molar-refractivity contribution in [1.82, 2.24) is 25.1 Å². The normalized spacial score (nSPS) is 10.8. The first-order valence-corrected chi connectivity index (χ1v) is 9.77. The summed E-state index contributed by atoms with van der Waals surface area (Å²) in [6.45, 7) is 5.09.